The lowest BCUT2D eigenvalue weighted by molar-refractivity contribution is -0.130. The molecular weight excluding hydrogens is 628 g/mol. The van der Waals surface area contributed by atoms with Gasteiger partial charge in [-0.2, -0.15) is 0 Å². The van der Waals surface area contributed by atoms with Gasteiger partial charge in [-0.25, -0.2) is 24.4 Å². The molecule has 0 bridgehead atoms. The third-order valence-electron chi connectivity index (χ3n) is 9.35. The minimum absolute atomic E-state index is 0.00814. The van der Waals surface area contributed by atoms with Crippen molar-refractivity contribution in [2.45, 2.75) is 77.3 Å². The zero-order valence-corrected chi connectivity index (χ0v) is 26.8. The van der Waals surface area contributed by atoms with Crippen molar-refractivity contribution in [2.24, 2.45) is 0 Å². The number of nitrogens with one attached hydrogen (secondary N) is 4. The monoisotopic (exact) mass is 664 g/mol. The number of aliphatic carboxylic acids is 1. The van der Waals surface area contributed by atoms with E-state index in [2.05, 4.69) is 42.1 Å². The number of fused-ring (bicyclic) bond motifs is 2. The molecule has 49 heavy (non-hydrogen) atoms. The van der Waals surface area contributed by atoms with E-state index in [9.17, 15) is 29.1 Å². The molecule has 14 heteroatoms. The summed E-state index contributed by atoms with van der Waals surface area (Å²) in [4.78, 5) is 86.0. The van der Waals surface area contributed by atoms with Crippen molar-refractivity contribution in [3.8, 4) is 0 Å². The van der Waals surface area contributed by atoms with Gasteiger partial charge >= 0.3 is 17.3 Å². The molecule has 1 aromatic carbocycles. The molecule has 4 aromatic heterocycles. The van der Waals surface area contributed by atoms with Crippen molar-refractivity contribution in [1.29, 1.82) is 0 Å². The number of imidazole rings is 2. The Labute approximate surface area is 278 Å². The quantitative estimate of drug-likeness (QED) is 0.109. The van der Waals surface area contributed by atoms with Gasteiger partial charge in [-0.15, -0.1) is 0 Å². The SMILES string of the molecule is O=C(O)C(=C(c1ccccc1)c1nc2[nH]c(=O)n(CCC3=CCCCC3)c(=O)c2[nH]1)c1nc2[nH]c(=O)n(CCC3=CCCCC3)c(=O)c2[nH]1. The topological polar surface area (TPSA) is 204 Å². The second kappa shape index (κ2) is 13.4. The first kappa shape index (κ1) is 31.8. The maximum absolute atomic E-state index is 13.6. The fraction of sp³-hybridized carbons (Fsp3) is 0.343. The molecule has 0 atom stereocenters. The lowest BCUT2D eigenvalue weighted by Crippen LogP contribution is -2.35. The highest BCUT2D eigenvalue weighted by atomic mass is 16.4. The van der Waals surface area contributed by atoms with E-state index in [0.717, 1.165) is 60.5 Å². The smallest absolute Gasteiger partial charge is 0.340 e. The summed E-state index contributed by atoms with van der Waals surface area (Å²) < 4.78 is 2.21. The van der Waals surface area contributed by atoms with Gasteiger partial charge < -0.3 is 15.1 Å². The predicted octanol–water partition coefficient (Wildman–Crippen LogP) is 3.96. The van der Waals surface area contributed by atoms with Gasteiger partial charge in [0, 0.05) is 18.7 Å². The molecule has 0 fully saturated rings. The number of carboxylic acid groups (broad SMARTS) is 1. The molecule has 4 heterocycles. The van der Waals surface area contributed by atoms with E-state index in [4.69, 9.17) is 0 Å². The maximum atomic E-state index is 13.6. The number of carbonyl (C=O) groups is 1. The molecule has 0 spiro atoms. The molecule has 7 rings (SSSR count). The maximum Gasteiger partial charge on any atom is 0.340 e. The molecule has 0 saturated heterocycles. The van der Waals surface area contributed by atoms with Gasteiger partial charge in [0.1, 0.15) is 28.3 Å². The number of H-pyrrole nitrogens is 4. The molecule has 0 amide bonds. The van der Waals surface area contributed by atoms with Gasteiger partial charge in [-0.3, -0.25) is 28.7 Å². The number of aromatic nitrogens is 8. The number of benzene rings is 1. The van der Waals surface area contributed by atoms with Crippen molar-refractivity contribution < 1.29 is 9.90 Å². The molecule has 0 saturated carbocycles. The Morgan fingerprint density at radius 3 is 1.69 bits per heavy atom. The summed E-state index contributed by atoms with van der Waals surface area (Å²) in [5, 5.41) is 10.6. The summed E-state index contributed by atoms with van der Waals surface area (Å²) >= 11 is 0. The van der Waals surface area contributed by atoms with E-state index < -0.39 is 28.5 Å². The summed E-state index contributed by atoms with van der Waals surface area (Å²) in [6.07, 6.45) is 13.7. The highest BCUT2D eigenvalue weighted by molar-refractivity contribution is 6.25. The number of aromatic amines is 4. The molecule has 14 nitrogen and oxygen atoms in total. The zero-order chi connectivity index (χ0) is 34.1. The van der Waals surface area contributed by atoms with Crippen LogP contribution < -0.4 is 22.5 Å². The number of nitrogens with zero attached hydrogens (tertiary/aromatic N) is 4. The van der Waals surface area contributed by atoms with Crippen molar-refractivity contribution in [2.75, 3.05) is 0 Å². The van der Waals surface area contributed by atoms with Crippen LogP contribution in [0.2, 0.25) is 0 Å². The Hall–Kier alpha value is -5.79. The van der Waals surface area contributed by atoms with Crippen LogP contribution in [0, 0.1) is 0 Å². The average Bonchev–Trinajstić information content (AvgIpc) is 3.72. The fourth-order valence-corrected chi connectivity index (χ4v) is 6.78. The number of rotatable bonds is 10. The number of hydrogen-bond acceptors (Lipinski definition) is 7. The third kappa shape index (κ3) is 6.28. The summed E-state index contributed by atoms with van der Waals surface area (Å²) in [5.74, 6) is -1.61. The van der Waals surface area contributed by atoms with Gasteiger partial charge in [0.2, 0.25) is 0 Å². The van der Waals surface area contributed by atoms with Crippen LogP contribution in [-0.2, 0) is 17.9 Å². The van der Waals surface area contributed by atoms with Gasteiger partial charge in [-0.1, -0.05) is 53.6 Å². The largest absolute Gasteiger partial charge is 0.478 e. The van der Waals surface area contributed by atoms with E-state index >= 15 is 0 Å². The highest BCUT2D eigenvalue weighted by Crippen LogP contribution is 2.31. The third-order valence-corrected chi connectivity index (χ3v) is 9.35. The molecule has 2 aliphatic rings. The first-order valence-corrected chi connectivity index (χ1v) is 16.6. The zero-order valence-electron chi connectivity index (χ0n) is 26.8. The molecule has 0 radical (unpaired) electrons. The summed E-state index contributed by atoms with van der Waals surface area (Å²) in [6, 6.07) is 8.52. The van der Waals surface area contributed by atoms with Gasteiger partial charge in [0.05, 0.1) is 0 Å². The lowest BCUT2D eigenvalue weighted by Gasteiger charge is -2.12. The molecule has 5 aromatic rings. The molecular formula is C35H36N8O6. The number of allylic oxidation sites excluding steroid dienone is 4. The first-order valence-electron chi connectivity index (χ1n) is 16.6. The Kier molecular flexibility index (Phi) is 8.68. The Morgan fingerprint density at radius 2 is 1.20 bits per heavy atom. The van der Waals surface area contributed by atoms with Crippen LogP contribution in [0.15, 0.2) is 72.8 Å². The second-order valence-electron chi connectivity index (χ2n) is 12.5. The van der Waals surface area contributed by atoms with Gasteiger partial charge in [-0.05, 0) is 69.8 Å². The van der Waals surface area contributed by atoms with Gasteiger partial charge in [0.25, 0.3) is 11.1 Å². The standard InChI is InChI=1S/C35H36N8O6/c44-31-25-29(40-34(48)42(31)18-16-20-10-4-1-5-11-20)38-27(36-25)23(22-14-8-3-9-15-22)24(33(46)47)28-37-26-30(39-28)41-35(49)43(32(26)45)19-17-21-12-6-2-7-13-21/h3,8-10,12,14-15H,1-2,4-7,11,13,16-19H2,(H,36,38)(H,37,39)(H,40,48)(H,41,49)(H,46,47). The van der Waals surface area contributed by atoms with Gasteiger partial charge in [0.15, 0.2) is 11.3 Å². The van der Waals surface area contributed by atoms with E-state index in [1.807, 2.05) is 0 Å². The van der Waals surface area contributed by atoms with Crippen LogP contribution in [0.25, 0.3) is 33.5 Å². The summed E-state index contributed by atoms with van der Waals surface area (Å²) in [5.41, 5.74) is -0.110. The summed E-state index contributed by atoms with van der Waals surface area (Å²) in [7, 11) is 0. The van der Waals surface area contributed by atoms with Crippen LogP contribution in [0.4, 0.5) is 0 Å². The first-order chi connectivity index (χ1) is 23.8. The van der Waals surface area contributed by atoms with Crippen LogP contribution in [0.1, 0.15) is 81.4 Å². The van der Waals surface area contributed by atoms with E-state index in [1.165, 1.54) is 11.1 Å². The van der Waals surface area contributed by atoms with Crippen molar-refractivity contribution in [1.82, 2.24) is 39.0 Å². The highest BCUT2D eigenvalue weighted by Gasteiger charge is 2.27. The molecule has 5 N–H and O–H groups in total. The van der Waals surface area contributed by atoms with Crippen LogP contribution in [-0.4, -0.2) is 50.1 Å². The van der Waals surface area contributed by atoms with Crippen molar-refractivity contribution in [3.63, 3.8) is 0 Å². The van der Waals surface area contributed by atoms with Crippen molar-refractivity contribution in [3.05, 3.63) is 113 Å². The predicted molar refractivity (Wildman–Crippen MR) is 184 cm³/mol. The molecule has 252 valence electrons. The van der Waals surface area contributed by atoms with Crippen LogP contribution in [0.5, 0.6) is 0 Å². The Bertz CT molecular complexity index is 2420. The molecule has 0 aliphatic heterocycles. The minimum atomic E-state index is -1.41. The summed E-state index contributed by atoms with van der Waals surface area (Å²) in [6.45, 7) is 0.367. The van der Waals surface area contributed by atoms with E-state index in [-0.39, 0.29) is 58.2 Å². The normalized spacial score (nSPS) is 15.7. The van der Waals surface area contributed by atoms with E-state index in [0.29, 0.717) is 18.4 Å². The van der Waals surface area contributed by atoms with Crippen LogP contribution >= 0.6 is 0 Å². The molecule has 2 aliphatic carbocycles. The van der Waals surface area contributed by atoms with Crippen LogP contribution in [0.3, 0.4) is 0 Å². The Balaban J connectivity index is 1.34. The lowest BCUT2D eigenvalue weighted by atomic mass is 9.97. The second-order valence-corrected chi connectivity index (χ2v) is 12.5. The molecule has 0 unspecified atom stereocenters. The van der Waals surface area contributed by atoms with Crippen molar-refractivity contribution >= 4 is 39.4 Å². The fourth-order valence-electron chi connectivity index (χ4n) is 6.78. The van der Waals surface area contributed by atoms with E-state index in [1.54, 1.807) is 30.3 Å². The number of hydrogen-bond donors (Lipinski definition) is 5. The minimum Gasteiger partial charge on any atom is -0.478 e. The Morgan fingerprint density at radius 1 is 0.694 bits per heavy atom. The average molecular weight is 665 g/mol. The number of carboxylic acids is 1.